The van der Waals surface area contributed by atoms with Crippen LogP contribution < -0.4 is 0 Å². The Labute approximate surface area is 120 Å². The maximum atomic E-state index is 11.0. The quantitative estimate of drug-likeness (QED) is 0.389. The second-order valence-electron chi connectivity index (χ2n) is 4.22. The molecular weight excluding hydrogens is 272 g/mol. The summed E-state index contributed by atoms with van der Waals surface area (Å²) in [6.07, 6.45) is 1.37. The number of hydrogen-bond donors (Lipinski definition) is 2. The van der Waals surface area contributed by atoms with Gasteiger partial charge in [-0.3, -0.25) is 10.1 Å². The summed E-state index contributed by atoms with van der Waals surface area (Å²) < 4.78 is 0. The SMILES string of the molecule is N#C/C(=C\c1ccc(O)cc1[N+](=O)[O-])c1ccc(O)cc1. The summed E-state index contributed by atoms with van der Waals surface area (Å²) in [6, 6.07) is 11.6. The van der Waals surface area contributed by atoms with Crippen molar-refractivity contribution in [1.82, 2.24) is 0 Å². The van der Waals surface area contributed by atoms with Gasteiger partial charge in [-0.2, -0.15) is 5.26 Å². The second-order valence-corrected chi connectivity index (χ2v) is 4.22. The lowest BCUT2D eigenvalue weighted by molar-refractivity contribution is -0.385. The fraction of sp³-hybridized carbons (Fsp3) is 0. The summed E-state index contributed by atoms with van der Waals surface area (Å²) in [7, 11) is 0. The number of nitro groups is 1. The Hall–Kier alpha value is -3.33. The maximum Gasteiger partial charge on any atom is 0.280 e. The normalized spacial score (nSPS) is 10.9. The molecular formula is C15H10N2O4. The van der Waals surface area contributed by atoms with Gasteiger partial charge in [0.05, 0.1) is 28.2 Å². The minimum absolute atomic E-state index is 0.0617. The lowest BCUT2D eigenvalue weighted by Gasteiger charge is -2.02. The predicted octanol–water partition coefficient (Wildman–Crippen LogP) is 3.07. The number of nitriles is 1. The minimum atomic E-state index is -0.628. The molecule has 21 heavy (non-hydrogen) atoms. The third-order valence-corrected chi connectivity index (χ3v) is 2.81. The molecule has 2 aromatic carbocycles. The van der Waals surface area contributed by atoms with E-state index in [1.165, 1.54) is 42.5 Å². The van der Waals surface area contributed by atoms with Crippen molar-refractivity contribution in [2.45, 2.75) is 0 Å². The fourth-order valence-corrected chi connectivity index (χ4v) is 1.79. The molecule has 6 heteroatoms. The molecule has 0 heterocycles. The highest BCUT2D eigenvalue weighted by Gasteiger charge is 2.14. The molecule has 0 unspecified atom stereocenters. The number of hydrogen-bond acceptors (Lipinski definition) is 5. The minimum Gasteiger partial charge on any atom is -0.508 e. The molecule has 0 spiro atoms. The molecule has 0 saturated heterocycles. The molecule has 2 aromatic rings. The van der Waals surface area contributed by atoms with Crippen molar-refractivity contribution in [1.29, 1.82) is 5.26 Å². The van der Waals surface area contributed by atoms with Crippen LogP contribution >= 0.6 is 0 Å². The molecule has 0 atom stereocenters. The van der Waals surface area contributed by atoms with Gasteiger partial charge >= 0.3 is 0 Å². The van der Waals surface area contributed by atoms with Crippen molar-refractivity contribution in [3.63, 3.8) is 0 Å². The Bertz CT molecular complexity index is 758. The van der Waals surface area contributed by atoms with Gasteiger partial charge in [0.25, 0.3) is 5.69 Å². The number of aromatic hydroxyl groups is 2. The van der Waals surface area contributed by atoms with Gasteiger partial charge in [-0.25, -0.2) is 0 Å². The zero-order valence-electron chi connectivity index (χ0n) is 10.7. The summed E-state index contributed by atoms with van der Waals surface area (Å²) in [5.41, 5.74) is 0.658. The van der Waals surface area contributed by atoms with Crippen LogP contribution in [0.5, 0.6) is 11.5 Å². The number of phenolic OH excluding ortho intramolecular Hbond substituents is 2. The van der Waals surface area contributed by atoms with Gasteiger partial charge in [-0.05, 0) is 48.0 Å². The molecule has 0 aliphatic heterocycles. The lowest BCUT2D eigenvalue weighted by atomic mass is 10.0. The van der Waals surface area contributed by atoms with E-state index in [4.69, 9.17) is 0 Å². The van der Waals surface area contributed by atoms with Gasteiger partial charge in [0.1, 0.15) is 11.5 Å². The number of benzene rings is 2. The van der Waals surface area contributed by atoms with E-state index in [1.807, 2.05) is 6.07 Å². The predicted molar refractivity (Wildman–Crippen MR) is 76.4 cm³/mol. The van der Waals surface area contributed by atoms with Crippen LogP contribution in [-0.4, -0.2) is 15.1 Å². The number of nitrogens with zero attached hydrogens (tertiary/aromatic N) is 2. The Morgan fingerprint density at radius 1 is 1.14 bits per heavy atom. The van der Waals surface area contributed by atoms with Crippen LogP contribution in [0, 0.1) is 21.4 Å². The van der Waals surface area contributed by atoms with E-state index in [1.54, 1.807) is 0 Å². The first-order chi connectivity index (χ1) is 10.0. The molecule has 2 N–H and O–H groups in total. The zero-order chi connectivity index (χ0) is 15.4. The van der Waals surface area contributed by atoms with E-state index in [2.05, 4.69) is 0 Å². The third kappa shape index (κ3) is 3.16. The van der Waals surface area contributed by atoms with Crippen molar-refractivity contribution < 1.29 is 15.1 Å². The maximum absolute atomic E-state index is 11.0. The van der Waals surface area contributed by atoms with E-state index in [-0.39, 0.29) is 28.3 Å². The van der Waals surface area contributed by atoms with Crippen molar-refractivity contribution in [2.24, 2.45) is 0 Å². The van der Waals surface area contributed by atoms with Gasteiger partial charge in [0.2, 0.25) is 0 Å². The van der Waals surface area contributed by atoms with E-state index in [0.29, 0.717) is 5.56 Å². The molecule has 0 amide bonds. The average molecular weight is 282 g/mol. The van der Waals surface area contributed by atoms with Crippen LogP contribution in [0.3, 0.4) is 0 Å². The Kier molecular flexibility index (Phi) is 3.86. The van der Waals surface area contributed by atoms with Gasteiger partial charge in [-0.1, -0.05) is 0 Å². The molecule has 0 aliphatic carbocycles. The Balaban J connectivity index is 2.53. The molecule has 0 radical (unpaired) electrons. The van der Waals surface area contributed by atoms with Gasteiger partial charge < -0.3 is 10.2 Å². The standard InChI is InChI=1S/C15H10N2O4/c16-9-12(10-1-4-13(18)5-2-10)7-11-3-6-14(19)8-15(11)17(20)21/h1-8,18-19H/b12-7+. The first kappa shape index (κ1) is 14.1. The molecule has 0 bridgehead atoms. The average Bonchev–Trinajstić information content (AvgIpc) is 2.47. The van der Waals surface area contributed by atoms with E-state index >= 15 is 0 Å². The summed E-state index contributed by atoms with van der Waals surface area (Å²) in [4.78, 5) is 10.3. The first-order valence-electron chi connectivity index (χ1n) is 5.90. The number of rotatable bonds is 3. The first-order valence-corrected chi connectivity index (χ1v) is 5.90. The summed E-state index contributed by atoms with van der Waals surface area (Å²) in [5, 5.41) is 38.7. The van der Waals surface area contributed by atoms with Crippen molar-refractivity contribution in [3.05, 3.63) is 63.7 Å². The zero-order valence-corrected chi connectivity index (χ0v) is 10.7. The third-order valence-electron chi connectivity index (χ3n) is 2.81. The highest BCUT2D eigenvalue weighted by atomic mass is 16.6. The second kappa shape index (κ2) is 5.75. The topological polar surface area (TPSA) is 107 Å². The fourth-order valence-electron chi connectivity index (χ4n) is 1.79. The van der Waals surface area contributed by atoms with Crippen molar-refractivity contribution in [3.8, 4) is 17.6 Å². The van der Waals surface area contributed by atoms with Crippen LogP contribution in [0.1, 0.15) is 11.1 Å². The molecule has 0 aromatic heterocycles. The Morgan fingerprint density at radius 3 is 2.33 bits per heavy atom. The molecule has 0 fully saturated rings. The number of allylic oxidation sites excluding steroid dienone is 1. The highest BCUT2D eigenvalue weighted by molar-refractivity contribution is 5.91. The van der Waals surface area contributed by atoms with Crippen molar-refractivity contribution in [2.75, 3.05) is 0 Å². The largest absolute Gasteiger partial charge is 0.508 e. The molecule has 0 aliphatic rings. The molecule has 2 rings (SSSR count). The molecule has 6 nitrogen and oxygen atoms in total. The van der Waals surface area contributed by atoms with Gasteiger partial charge in [-0.15, -0.1) is 0 Å². The Morgan fingerprint density at radius 2 is 1.76 bits per heavy atom. The monoisotopic (exact) mass is 282 g/mol. The molecule has 104 valence electrons. The van der Waals surface area contributed by atoms with Crippen LogP contribution in [0.15, 0.2) is 42.5 Å². The lowest BCUT2D eigenvalue weighted by Crippen LogP contribution is -1.92. The van der Waals surface area contributed by atoms with Gasteiger partial charge in [0, 0.05) is 0 Å². The van der Waals surface area contributed by atoms with Crippen LogP contribution in [0.25, 0.3) is 11.6 Å². The van der Waals surface area contributed by atoms with Crippen LogP contribution in [0.4, 0.5) is 5.69 Å². The van der Waals surface area contributed by atoms with Crippen molar-refractivity contribution >= 4 is 17.3 Å². The summed E-state index contributed by atoms with van der Waals surface area (Å²) in [5.74, 6) is -0.159. The number of nitro benzene ring substituents is 1. The smallest absolute Gasteiger partial charge is 0.280 e. The van der Waals surface area contributed by atoms with Crippen LogP contribution in [0.2, 0.25) is 0 Å². The molecule has 0 saturated carbocycles. The van der Waals surface area contributed by atoms with E-state index < -0.39 is 4.92 Å². The van der Waals surface area contributed by atoms with E-state index in [0.717, 1.165) is 6.07 Å². The van der Waals surface area contributed by atoms with E-state index in [9.17, 15) is 25.6 Å². The summed E-state index contributed by atoms with van der Waals surface area (Å²) >= 11 is 0. The van der Waals surface area contributed by atoms with Gasteiger partial charge in [0.15, 0.2) is 0 Å². The highest BCUT2D eigenvalue weighted by Crippen LogP contribution is 2.28. The number of phenols is 2. The summed E-state index contributed by atoms with van der Waals surface area (Å²) in [6.45, 7) is 0. The van der Waals surface area contributed by atoms with Crippen LogP contribution in [-0.2, 0) is 0 Å².